The van der Waals surface area contributed by atoms with Crippen LogP contribution in [-0.2, 0) is 14.6 Å². The summed E-state index contributed by atoms with van der Waals surface area (Å²) in [7, 11) is -3.43. The Hall–Kier alpha value is -2.46. The predicted octanol–water partition coefficient (Wildman–Crippen LogP) is 2.85. The average Bonchev–Trinajstić information content (AvgIpc) is 2.94. The first-order valence-corrected chi connectivity index (χ1v) is 11.4. The molecule has 0 radical (unpaired) electrons. The van der Waals surface area contributed by atoms with Gasteiger partial charge in [0.25, 0.3) is 0 Å². The average molecular weight is 420 g/mol. The van der Waals surface area contributed by atoms with E-state index < -0.39 is 9.84 Å². The Balaban J connectivity index is 2.03. The van der Waals surface area contributed by atoms with Crippen LogP contribution in [0.1, 0.15) is 26.3 Å². The van der Waals surface area contributed by atoms with E-state index >= 15 is 0 Å². The number of amides is 1. The van der Waals surface area contributed by atoms with Crippen LogP contribution in [0.5, 0.6) is 0 Å². The quantitative estimate of drug-likeness (QED) is 0.766. The van der Waals surface area contributed by atoms with Crippen LogP contribution >= 0.6 is 11.8 Å². The highest BCUT2D eigenvalue weighted by atomic mass is 32.2. The summed E-state index contributed by atoms with van der Waals surface area (Å²) in [6.07, 6.45) is 2.75. The minimum absolute atomic E-state index is 0.0242. The molecule has 0 unspecified atom stereocenters. The molecule has 28 heavy (non-hydrogen) atoms. The highest BCUT2D eigenvalue weighted by Gasteiger charge is 2.27. The normalized spacial score (nSPS) is 15.8. The van der Waals surface area contributed by atoms with Crippen molar-refractivity contribution in [1.82, 2.24) is 9.97 Å². The third-order valence-corrected chi connectivity index (χ3v) is 6.19. The fraction of sp³-hybridized carbons (Fsp3) is 0.333. The molecule has 0 saturated heterocycles. The van der Waals surface area contributed by atoms with Gasteiger partial charge in [-0.25, -0.2) is 18.4 Å². The summed E-state index contributed by atoms with van der Waals surface area (Å²) in [5.41, 5.74) is 1.21. The Bertz CT molecular complexity index is 1060. The number of aliphatic imine (C=N–C) groups is 1. The SMILES string of the molecule is CC(=O)Nc1cc(Nc2cccc(S(C)(=O)=O)n2)c(C2=NC(C)(C)CS2)cn1. The summed E-state index contributed by atoms with van der Waals surface area (Å²) >= 11 is 1.62. The lowest BCUT2D eigenvalue weighted by atomic mass is 10.1. The number of hydrogen-bond donors (Lipinski definition) is 2. The molecule has 2 aromatic heterocycles. The van der Waals surface area contributed by atoms with Crippen LogP contribution in [0.4, 0.5) is 17.3 Å². The van der Waals surface area contributed by atoms with Crippen molar-refractivity contribution in [3.05, 3.63) is 36.0 Å². The highest BCUT2D eigenvalue weighted by Crippen LogP contribution is 2.34. The molecular weight excluding hydrogens is 398 g/mol. The Kier molecular flexibility index (Phi) is 5.44. The van der Waals surface area contributed by atoms with Crippen molar-refractivity contribution >= 4 is 49.9 Å². The van der Waals surface area contributed by atoms with E-state index in [2.05, 4.69) is 34.4 Å². The number of thioether (sulfide) groups is 1. The van der Waals surface area contributed by atoms with Crippen LogP contribution < -0.4 is 10.6 Å². The van der Waals surface area contributed by atoms with Crippen LogP contribution in [0.25, 0.3) is 0 Å². The molecule has 0 bridgehead atoms. The van der Waals surface area contributed by atoms with Crippen LogP contribution in [0.15, 0.2) is 40.5 Å². The molecule has 8 nitrogen and oxygen atoms in total. The van der Waals surface area contributed by atoms with Gasteiger partial charge in [-0.1, -0.05) is 6.07 Å². The number of nitrogens with one attached hydrogen (secondary N) is 2. The number of carbonyl (C=O) groups excluding carboxylic acids is 1. The molecule has 148 valence electrons. The van der Waals surface area contributed by atoms with Crippen LogP contribution in [0, 0.1) is 0 Å². The summed E-state index contributed by atoms with van der Waals surface area (Å²) in [4.78, 5) is 24.6. The fourth-order valence-corrected chi connectivity index (χ4v) is 4.30. The number of pyridine rings is 2. The second-order valence-electron chi connectivity index (χ2n) is 7.07. The standard InChI is InChI=1S/C18H21N5O3S2/c1-11(24)20-15-8-13(12(9-19-15)17-23-18(2,3)10-27-17)21-14-6-5-7-16(22-14)28(4,25)26/h5-9H,10H2,1-4H3,(H2,19,20,21,22,24). The summed E-state index contributed by atoms with van der Waals surface area (Å²) in [5.74, 6) is 1.35. The third kappa shape index (κ3) is 4.87. The van der Waals surface area contributed by atoms with Gasteiger partial charge >= 0.3 is 0 Å². The zero-order valence-corrected chi connectivity index (χ0v) is 17.6. The molecule has 0 saturated carbocycles. The first-order valence-electron chi connectivity index (χ1n) is 8.48. The minimum atomic E-state index is -3.43. The number of rotatable bonds is 5. The molecule has 2 aromatic rings. The highest BCUT2D eigenvalue weighted by molar-refractivity contribution is 8.14. The van der Waals surface area contributed by atoms with E-state index in [1.165, 1.54) is 13.0 Å². The van der Waals surface area contributed by atoms with Gasteiger partial charge < -0.3 is 10.6 Å². The number of hydrogen-bond acceptors (Lipinski definition) is 8. The van der Waals surface area contributed by atoms with Gasteiger partial charge in [-0.05, 0) is 26.0 Å². The van der Waals surface area contributed by atoms with Gasteiger partial charge in [0.2, 0.25) is 5.91 Å². The first kappa shape index (κ1) is 20.3. The van der Waals surface area contributed by atoms with Gasteiger partial charge in [-0.15, -0.1) is 11.8 Å². The Labute approximate surface area is 168 Å². The lowest BCUT2D eigenvalue weighted by molar-refractivity contribution is -0.114. The lowest BCUT2D eigenvalue weighted by Gasteiger charge is -2.13. The summed E-state index contributed by atoms with van der Waals surface area (Å²) in [6, 6.07) is 6.41. The number of carbonyl (C=O) groups is 1. The van der Waals surface area contributed by atoms with Crippen LogP contribution in [-0.4, -0.2) is 46.9 Å². The van der Waals surface area contributed by atoms with E-state index in [0.717, 1.165) is 22.6 Å². The molecule has 0 aromatic carbocycles. The Morgan fingerprint density at radius 2 is 2.00 bits per heavy atom. The topological polar surface area (TPSA) is 113 Å². The van der Waals surface area contributed by atoms with Gasteiger partial charge in [-0.2, -0.15) is 0 Å². The Morgan fingerprint density at radius 3 is 2.61 bits per heavy atom. The lowest BCUT2D eigenvalue weighted by Crippen LogP contribution is -2.15. The smallest absolute Gasteiger partial charge is 0.222 e. The van der Waals surface area contributed by atoms with Gasteiger partial charge in [-0.3, -0.25) is 9.79 Å². The number of anilines is 3. The Morgan fingerprint density at radius 1 is 1.25 bits per heavy atom. The first-order chi connectivity index (χ1) is 13.0. The largest absolute Gasteiger partial charge is 0.339 e. The van der Waals surface area contributed by atoms with Crippen molar-refractivity contribution in [1.29, 1.82) is 0 Å². The predicted molar refractivity (Wildman–Crippen MR) is 112 cm³/mol. The number of nitrogens with zero attached hydrogens (tertiary/aromatic N) is 3. The molecule has 0 atom stereocenters. The fourth-order valence-electron chi connectivity index (χ4n) is 2.53. The third-order valence-electron chi connectivity index (χ3n) is 3.77. The summed E-state index contributed by atoms with van der Waals surface area (Å²) in [6.45, 7) is 5.51. The van der Waals surface area contributed by atoms with Gasteiger partial charge in [0.1, 0.15) is 16.7 Å². The van der Waals surface area contributed by atoms with Crippen LogP contribution in [0.3, 0.4) is 0 Å². The molecule has 0 fully saturated rings. The molecule has 2 N–H and O–H groups in total. The molecule has 0 aliphatic carbocycles. The van der Waals surface area contributed by atoms with E-state index in [-0.39, 0.29) is 16.5 Å². The zero-order valence-electron chi connectivity index (χ0n) is 16.0. The molecule has 3 rings (SSSR count). The van der Waals surface area contributed by atoms with Crippen molar-refractivity contribution in [3.63, 3.8) is 0 Å². The molecule has 1 aliphatic heterocycles. The van der Waals surface area contributed by atoms with Gasteiger partial charge in [0, 0.05) is 36.8 Å². The van der Waals surface area contributed by atoms with Gasteiger partial charge in [0.15, 0.2) is 14.9 Å². The summed E-state index contributed by atoms with van der Waals surface area (Å²) < 4.78 is 23.6. The maximum atomic E-state index is 11.8. The maximum absolute atomic E-state index is 11.8. The molecule has 10 heteroatoms. The maximum Gasteiger partial charge on any atom is 0.222 e. The second kappa shape index (κ2) is 7.51. The second-order valence-corrected chi connectivity index (χ2v) is 10.00. The van der Waals surface area contributed by atoms with E-state index in [1.807, 2.05) is 0 Å². The van der Waals surface area contributed by atoms with Crippen LogP contribution in [0.2, 0.25) is 0 Å². The molecule has 3 heterocycles. The zero-order chi connectivity index (χ0) is 20.5. The molecule has 1 amide bonds. The molecular formula is C18H21N5O3S2. The van der Waals surface area contributed by atoms with Gasteiger partial charge in [0.05, 0.1) is 11.2 Å². The van der Waals surface area contributed by atoms with Crippen molar-refractivity contribution in [3.8, 4) is 0 Å². The van der Waals surface area contributed by atoms with Crippen molar-refractivity contribution in [2.75, 3.05) is 22.6 Å². The van der Waals surface area contributed by atoms with E-state index in [1.54, 1.807) is 36.2 Å². The molecule has 0 spiro atoms. The van der Waals surface area contributed by atoms with Crippen molar-refractivity contribution < 1.29 is 13.2 Å². The monoisotopic (exact) mass is 419 g/mol. The van der Waals surface area contributed by atoms with Crippen molar-refractivity contribution in [2.45, 2.75) is 31.3 Å². The van der Waals surface area contributed by atoms with Crippen molar-refractivity contribution in [2.24, 2.45) is 4.99 Å². The summed E-state index contributed by atoms with van der Waals surface area (Å²) in [5, 5.41) is 6.59. The van der Waals surface area contributed by atoms with E-state index in [4.69, 9.17) is 4.99 Å². The van der Waals surface area contributed by atoms with E-state index in [9.17, 15) is 13.2 Å². The molecule has 1 aliphatic rings. The minimum Gasteiger partial charge on any atom is -0.339 e. The number of aromatic nitrogens is 2. The number of sulfone groups is 1. The van der Waals surface area contributed by atoms with E-state index in [0.29, 0.717) is 17.3 Å².